The topological polar surface area (TPSA) is 0 Å². The zero-order chi connectivity index (χ0) is 33.4. The van der Waals surface area contributed by atoms with Gasteiger partial charge in [-0.25, -0.2) is 0 Å². The number of hydrogen-bond acceptors (Lipinski definition) is 0. The van der Waals surface area contributed by atoms with Crippen molar-refractivity contribution in [3.05, 3.63) is 155 Å². The maximum atomic E-state index is 2.79. The molecular weight excluding hydrogens is 743 g/mol. The summed E-state index contributed by atoms with van der Waals surface area (Å²) in [5, 5.41) is 5.28. The number of halogens is 2. The molecule has 0 fully saturated rings. The molecule has 0 saturated carbocycles. The third-order valence-electron chi connectivity index (χ3n) is 11.6. The fraction of sp³-hybridized carbons (Fsp3) is 0.217. The Morgan fingerprint density at radius 2 is 0.800 bits per heavy atom. The minimum absolute atomic E-state index is 0. The molecule has 2 unspecified atom stereocenters. The normalized spacial score (nSPS) is 16.9. The van der Waals surface area contributed by atoms with E-state index in [1.165, 1.54) is 54.9 Å². The van der Waals surface area contributed by atoms with E-state index in [1.807, 2.05) is 0 Å². The van der Waals surface area contributed by atoms with Crippen molar-refractivity contribution in [1.82, 2.24) is 0 Å². The molecule has 6 aromatic rings. The molecule has 50 heavy (non-hydrogen) atoms. The Kier molecular flexibility index (Phi) is 9.95. The van der Waals surface area contributed by atoms with Crippen LogP contribution in [-0.2, 0) is 17.4 Å². The van der Waals surface area contributed by atoms with Crippen LogP contribution in [0, 0.1) is 11.8 Å². The smallest absolute Gasteiger partial charge is 0.147 e. The van der Waals surface area contributed by atoms with Gasteiger partial charge in [-0.05, 0) is 0 Å². The van der Waals surface area contributed by atoms with Crippen molar-refractivity contribution in [2.45, 2.75) is 44.2 Å². The molecule has 0 radical (unpaired) electrons. The van der Waals surface area contributed by atoms with Gasteiger partial charge in [0.1, 0.15) is 0 Å². The van der Waals surface area contributed by atoms with Crippen molar-refractivity contribution < 1.29 is 17.4 Å². The average Bonchev–Trinajstić information content (AvgIpc) is 3.70. The van der Waals surface area contributed by atoms with Crippen molar-refractivity contribution in [3.63, 3.8) is 0 Å². The van der Waals surface area contributed by atoms with Gasteiger partial charge in [-0.2, -0.15) is 0 Å². The van der Waals surface area contributed by atoms with Gasteiger partial charge < -0.3 is 0 Å². The van der Waals surface area contributed by atoms with Crippen molar-refractivity contribution >= 4 is 65.4 Å². The summed E-state index contributed by atoms with van der Waals surface area (Å²) < 4.78 is 6.55. The number of rotatable bonds is 6. The molecular formula is C46H48Cl2SiZr. The van der Waals surface area contributed by atoms with E-state index in [-0.39, 0.29) is 24.8 Å². The number of hydrogen-bond donors (Lipinski definition) is 0. The zero-order valence-corrected chi connectivity index (χ0v) is 35.5. The van der Waals surface area contributed by atoms with Crippen molar-refractivity contribution in [2.24, 2.45) is 11.8 Å². The zero-order valence-electron chi connectivity index (χ0n) is 30.0. The van der Waals surface area contributed by atoms with Gasteiger partial charge in [0, 0.05) is 0 Å². The van der Waals surface area contributed by atoms with E-state index in [1.54, 1.807) is 22.3 Å². The molecule has 0 aromatic heterocycles. The summed E-state index contributed by atoms with van der Waals surface area (Å²) in [6.07, 6.45) is 5.24. The fourth-order valence-corrected chi connectivity index (χ4v) is 29.4. The fourth-order valence-electron chi connectivity index (χ4n) is 9.52. The SMILES string of the molecule is CC(C)C1=Cc2c(-c3cccc4ccccc34)cccc2[CH]1[Zr]([CH3])([CH3])(=[SiH2])[CH]1C(C(C)C)=Cc2c(-c3cccc4ccccc34)cccc21.Cl.Cl. The summed E-state index contributed by atoms with van der Waals surface area (Å²) in [7, 11) is 0. The van der Waals surface area contributed by atoms with Gasteiger partial charge in [0.15, 0.2) is 0 Å². The third-order valence-corrected chi connectivity index (χ3v) is 28.9. The van der Waals surface area contributed by atoms with Crippen LogP contribution in [0.25, 0.3) is 56.0 Å². The molecule has 8 rings (SSSR count). The van der Waals surface area contributed by atoms with Crippen LogP contribution in [0.4, 0.5) is 0 Å². The summed E-state index contributed by atoms with van der Waals surface area (Å²) >= 11 is -3.81. The summed E-state index contributed by atoms with van der Waals surface area (Å²) in [6.45, 7) is 12.2. The second-order valence-corrected chi connectivity index (χ2v) is 46.5. The molecule has 0 saturated heterocycles. The minimum atomic E-state index is -3.81. The molecule has 0 amide bonds. The molecule has 4 heteroatoms. The van der Waals surface area contributed by atoms with Gasteiger partial charge >= 0.3 is 291 Å². The van der Waals surface area contributed by atoms with Crippen molar-refractivity contribution in [1.29, 1.82) is 0 Å². The molecule has 0 bridgehead atoms. The maximum absolute atomic E-state index is 3.81. The Balaban J connectivity index is 0.00000216. The van der Waals surface area contributed by atoms with E-state index in [0.29, 0.717) is 19.1 Å². The molecule has 2 aliphatic carbocycles. The van der Waals surface area contributed by atoms with Crippen LogP contribution in [0.1, 0.15) is 57.2 Å². The Labute approximate surface area is 313 Å². The van der Waals surface area contributed by atoms with Gasteiger partial charge in [-0.3, -0.25) is 0 Å². The van der Waals surface area contributed by atoms with E-state index >= 15 is 0 Å². The predicted molar refractivity (Wildman–Crippen MR) is 225 cm³/mol. The largest absolute Gasteiger partial charge is 0.147 e. The van der Waals surface area contributed by atoms with Gasteiger partial charge in [0.2, 0.25) is 0 Å². The maximum Gasteiger partial charge on any atom is -0.147 e. The van der Waals surface area contributed by atoms with Crippen LogP contribution in [0.15, 0.2) is 132 Å². The van der Waals surface area contributed by atoms with E-state index in [4.69, 9.17) is 0 Å². The average molecular weight is 791 g/mol. The van der Waals surface area contributed by atoms with Crippen LogP contribution in [0.2, 0.25) is 9.26 Å². The van der Waals surface area contributed by atoms with Gasteiger partial charge in [0.05, 0.1) is 0 Å². The van der Waals surface area contributed by atoms with Crippen LogP contribution < -0.4 is 0 Å². The Morgan fingerprint density at radius 1 is 0.460 bits per heavy atom. The number of allylic oxidation sites excluding steroid dienone is 2. The van der Waals surface area contributed by atoms with Crippen LogP contribution >= 0.6 is 24.8 Å². The molecule has 0 nitrogen and oxygen atoms in total. The van der Waals surface area contributed by atoms with Crippen LogP contribution in [0.5, 0.6) is 0 Å². The molecule has 0 heterocycles. The summed E-state index contributed by atoms with van der Waals surface area (Å²) in [5.74, 6) is 0.962. The first-order valence-electron chi connectivity index (χ1n) is 17.8. The van der Waals surface area contributed by atoms with Crippen LogP contribution in [0.3, 0.4) is 0 Å². The van der Waals surface area contributed by atoms with E-state index in [2.05, 4.69) is 177 Å². The van der Waals surface area contributed by atoms with Crippen LogP contribution in [-0.4, -0.2) is 6.88 Å². The standard InChI is InChI=1S/2C22H19.2CH3.2ClH.H2Si.Zr/c2*1-15(2)18-13-17-9-6-12-21(22(17)14-18)20-11-5-8-16-7-3-4-10-19(16)20;;;;;;/h2*3-15H,1-2H3;2*1H3;2*1H;1H2;. The van der Waals surface area contributed by atoms with Gasteiger partial charge in [0.25, 0.3) is 0 Å². The first kappa shape index (κ1) is 36.8. The minimum Gasteiger partial charge on any atom is -0.147 e. The van der Waals surface area contributed by atoms with Crippen molar-refractivity contribution in [2.75, 3.05) is 0 Å². The molecule has 0 spiro atoms. The molecule has 6 aromatic carbocycles. The quantitative estimate of drug-likeness (QED) is 0.147. The number of benzene rings is 6. The van der Waals surface area contributed by atoms with Crippen molar-refractivity contribution in [3.8, 4) is 22.3 Å². The first-order chi connectivity index (χ1) is 23.0. The molecule has 0 N–H and O–H groups in total. The second kappa shape index (κ2) is 13.5. The molecule has 2 aliphatic rings. The molecule has 2 atom stereocenters. The van der Waals surface area contributed by atoms with Gasteiger partial charge in [-0.15, -0.1) is 24.8 Å². The number of fused-ring (bicyclic) bond motifs is 4. The van der Waals surface area contributed by atoms with E-state index in [9.17, 15) is 0 Å². The second-order valence-electron chi connectivity index (χ2n) is 16.1. The Bertz CT molecular complexity index is 2230. The first-order valence-corrected chi connectivity index (χ1v) is 31.4. The van der Waals surface area contributed by atoms with Gasteiger partial charge in [-0.1, -0.05) is 0 Å². The van der Waals surface area contributed by atoms with E-state index < -0.39 is 17.4 Å². The Hall–Kier alpha value is -3.00. The van der Waals surface area contributed by atoms with E-state index in [0.717, 1.165) is 0 Å². The summed E-state index contributed by atoms with van der Waals surface area (Å²) in [6, 6.07) is 45.7. The molecule has 0 aliphatic heterocycles. The monoisotopic (exact) mass is 788 g/mol. The predicted octanol–water partition coefficient (Wildman–Crippen LogP) is 13.4. The third kappa shape index (κ3) is 5.76. The molecule has 254 valence electrons. The Morgan fingerprint density at radius 3 is 1.20 bits per heavy atom. The summed E-state index contributed by atoms with van der Waals surface area (Å²) in [4.78, 5) is 0. The summed E-state index contributed by atoms with van der Waals surface area (Å²) in [5.41, 5.74) is 14.8.